The van der Waals surface area contributed by atoms with Gasteiger partial charge in [-0.1, -0.05) is 5.16 Å². The smallest absolute Gasteiger partial charge is 0.244 e. The maximum Gasteiger partial charge on any atom is 0.244 e. The van der Waals surface area contributed by atoms with E-state index in [0.717, 1.165) is 13.0 Å². The van der Waals surface area contributed by atoms with Crippen molar-refractivity contribution in [3.05, 3.63) is 12.1 Å². The monoisotopic (exact) mass is 236 g/mol. The fourth-order valence-electron chi connectivity index (χ4n) is 1.86. The maximum atomic E-state index is 5.26. The van der Waals surface area contributed by atoms with Crippen molar-refractivity contribution in [2.75, 3.05) is 13.7 Å². The third-order valence-electron chi connectivity index (χ3n) is 2.81. The molecule has 0 spiro atoms. The lowest BCUT2D eigenvalue weighted by molar-refractivity contribution is 0.116. The fraction of sp³-hybridized carbons (Fsp3) is 0.556. The fourth-order valence-corrected chi connectivity index (χ4v) is 1.86. The molecule has 8 heteroatoms. The summed E-state index contributed by atoms with van der Waals surface area (Å²) in [6, 6.07) is 0.0492. The highest BCUT2D eigenvalue weighted by Crippen LogP contribution is 2.24. The van der Waals surface area contributed by atoms with Crippen LogP contribution in [0.4, 0.5) is 0 Å². The van der Waals surface area contributed by atoms with Gasteiger partial charge in [0.25, 0.3) is 0 Å². The van der Waals surface area contributed by atoms with E-state index in [1.807, 2.05) is 0 Å². The number of hydrogen-bond donors (Lipinski definition) is 2. The Kier molecular flexibility index (Phi) is 2.57. The first-order valence-electron chi connectivity index (χ1n) is 5.32. The van der Waals surface area contributed by atoms with E-state index in [4.69, 9.17) is 9.26 Å². The van der Waals surface area contributed by atoms with E-state index in [-0.39, 0.29) is 12.1 Å². The largest absolute Gasteiger partial charge is 0.380 e. The topological polar surface area (TPSA) is 102 Å². The number of nitrogens with one attached hydrogen (secondary N) is 2. The van der Waals surface area contributed by atoms with Gasteiger partial charge in [0.15, 0.2) is 5.69 Å². The summed E-state index contributed by atoms with van der Waals surface area (Å²) in [4.78, 5) is 4.29. The molecule has 0 bridgehead atoms. The molecule has 2 unspecified atom stereocenters. The Morgan fingerprint density at radius 3 is 3.18 bits per heavy atom. The molecule has 2 N–H and O–H groups in total. The molecule has 2 atom stereocenters. The van der Waals surface area contributed by atoms with Crippen molar-refractivity contribution in [3.63, 3.8) is 0 Å². The molecule has 2 aromatic heterocycles. The molecule has 0 aromatic carbocycles. The van der Waals surface area contributed by atoms with Crippen molar-refractivity contribution in [2.24, 2.45) is 0 Å². The van der Waals surface area contributed by atoms with Gasteiger partial charge in [-0.15, -0.1) is 0 Å². The van der Waals surface area contributed by atoms with Crippen LogP contribution < -0.4 is 5.32 Å². The molecular weight excluding hydrogens is 224 g/mol. The predicted octanol–water partition coefficient (Wildman–Crippen LogP) is -0.0959. The first kappa shape index (κ1) is 10.4. The molecule has 0 amide bonds. The Hall–Kier alpha value is -1.80. The maximum absolute atomic E-state index is 5.26. The van der Waals surface area contributed by atoms with Crippen LogP contribution in [-0.4, -0.2) is 45.3 Å². The Bertz CT molecular complexity index is 481. The van der Waals surface area contributed by atoms with E-state index in [1.165, 1.54) is 0 Å². The van der Waals surface area contributed by atoms with Gasteiger partial charge in [-0.05, 0) is 6.42 Å². The van der Waals surface area contributed by atoms with Crippen LogP contribution in [0.1, 0.15) is 18.4 Å². The van der Waals surface area contributed by atoms with Gasteiger partial charge < -0.3 is 14.6 Å². The summed E-state index contributed by atoms with van der Waals surface area (Å²) >= 11 is 0. The van der Waals surface area contributed by atoms with E-state index in [9.17, 15) is 0 Å². The van der Waals surface area contributed by atoms with Gasteiger partial charge in [0.1, 0.15) is 0 Å². The SMILES string of the molecule is COC1CNC(c2nc(-c3cn[nH]n3)no2)C1. The lowest BCUT2D eigenvalue weighted by atomic mass is 10.2. The van der Waals surface area contributed by atoms with Gasteiger partial charge >= 0.3 is 0 Å². The molecule has 1 fully saturated rings. The number of aromatic nitrogens is 5. The predicted molar refractivity (Wildman–Crippen MR) is 55.8 cm³/mol. The normalized spacial score (nSPS) is 24.3. The molecule has 2 aromatic rings. The lowest BCUT2D eigenvalue weighted by Crippen LogP contribution is -2.16. The molecule has 90 valence electrons. The molecular formula is C9H12N6O2. The molecule has 0 aliphatic carbocycles. The Morgan fingerprint density at radius 1 is 1.53 bits per heavy atom. The van der Waals surface area contributed by atoms with Gasteiger partial charge in [-0.25, -0.2) is 0 Å². The number of methoxy groups -OCH3 is 1. The first-order chi connectivity index (χ1) is 8.36. The van der Waals surface area contributed by atoms with E-state index in [2.05, 4.69) is 30.9 Å². The minimum Gasteiger partial charge on any atom is -0.380 e. The summed E-state index contributed by atoms with van der Waals surface area (Å²) in [5.74, 6) is 0.999. The van der Waals surface area contributed by atoms with Gasteiger partial charge in [-0.2, -0.15) is 20.4 Å². The summed E-state index contributed by atoms with van der Waals surface area (Å²) in [5.41, 5.74) is 0.571. The molecule has 0 saturated carbocycles. The lowest BCUT2D eigenvalue weighted by Gasteiger charge is -2.03. The van der Waals surface area contributed by atoms with Crippen LogP contribution in [0.25, 0.3) is 11.5 Å². The second-order valence-electron chi connectivity index (χ2n) is 3.87. The van der Waals surface area contributed by atoms with Crippen LogP contribution >= 0.6 is 0 Å². The average Bonchev–Trinajstić information content (AvgIpc) is 3.09. The third-order valence-corrected chi connectivity index (χ3v) is 2.81. The van der Waals surface area contributed by atoms with Crippen molar-refractivity contribution >= 4 is 0 Å². The second kappa shape index (κ2) is 4.22. The molecule has 0 radical (unpaired) electrons. The van der Waals surface area contributed by atoms with E-state index < -0.39 is 0 Å². The van der Waals surface area contributed by atoms with Gasteiger partial charge in [0, 0.05) is 13.7 Å². The molecule has 1 aliphatic rings. The molecule has 8 nitrogen and oxygen atoms in total. The molecule has 1 saturated heterocycles. The van der Waals surface area contributed by atoms with Gasteiger partial charge in [0.05, 0.1) is 18.3 Å². The summed E-state index contributed by atoms with van der Waals surface area (Å²) in [7, 11) is 1.70. The Labute approximate surface area is 96.7 Å². The Morgan fingerprint density at radius 2 is 2.47 bits per heavy atom. The molecule has 3 rings (SSSR count). The van der Waals surface area contributed by atoms with Crippen molar-refractivity contribution < 1.29 is 9.26 Å². The molecule has 1 aliphatic heterocycles. The summed E-state index contributed by atoms with van der Waals surface area (Å²) in [6.07, 6.45) is 2.58. The average molecular weight is 236 g/mol. The standard InChI is InChI=1S/C9H12N6O2/c1-16-5-2-6(10-3-5)9-12-8(14-17-9)7-4-11-15-13-7/h4-6,10H,2-3H2,1H3,(H,11,13,15). The first-order valence-corrected chi connectivity index (χ1v) is 5.32. The quantitative estimate of drug-likeness (QED) is 0.767. The highest BCUT2D eigenvalue weighted by molar-refractivity contribution is 5.44. The zero-order valence-electron chi connectivity index (χ0n) is 9.25. The van der Waals surface area contributed by atoms with Crippen molar-refractivity contribution in [3.8, 4) is 11.5 Å². The zero-order chi connectivity index (χ0) is 11.7. The number of rotatable bonds is 3. The highest BCUT2D eigenvalue weighted by atomic mass is 16.5. The van der Waals surface area contributed by atoms with E-state index in [1.54, 1.807) is 13.3 Å². The zero-order valence-corrected chi connectivity index (χ0v) is 9.25. The van der Waals surface area contributed by atoms with Crippen LogP contribution in [0.2, 0.25) is 0 Å². The number of ether oxygens (including phenoxy) is 1. The Balaban J connectivity index is 1.77. The number of hydrogen-bond acceptors (Lipinski definition) is 7. The van der Waals surface area contributed by atoms with Crippen LogP contribution in [0.5, 0.6) is 0 Å². The minimum atomic E-state index is 0.0492. The van der Waals surface area contributed by atoms with Crippen LogP contribution in [-0.2, 0) is 4.74 Å². The van der Waals surface area contributed by atoms with Gasteiger partial charge in [0.2, 0.25) is 11.7 Å². The van der Waals surface area contributed by atoms with Crippen LogP contribution in [0, 0.1) is 0 Å². The molecule has 17 heavy (non-hydrogen) atoms. The van der Waals surface area contributed by atoms with Gasteiger partial charge in [-0.3, -0.25) is 0 Å². The third kappa shape index (κ3) is 1.92. The number of H-pyrrole nitrogens is 1. The highest BCUT2D eigenvalue weighted by Gasteiger charge is 2.29. The summed E-state index contributed by atoms with van der Waals surface area (Å²) in [5, 5.41) is 17.2. The van der Waals surface area contributed by atoms with Crippen molar-refractivity contribution in [2.45, 2.75) is 18.6 Å². The number of nitrogens with zero attached hydrogens (tertiary/aromatic N) is 4. The van der Waals surface area contributed by atoms with Crippen molar-refractivity contribution in [1.82, 2.24) is 30.9 Å². The van der Waals surface area contributed by atoms with E-state index >= 15 is 0 Å². The van der Waals surface area contributed by atoms with Crippen molar-refractivity contribution in [1.29, 1.82) is 0 Å². The summed E-state index contributed by atoms with van der Waals surface area (Å²) < 4.78 is 10.5. The van der Waals surface area contributed by atoms with Crippen LogP contribution in [0.3, 0.4) is 0 Å². The minimum absolute atomic E-state index is 0.0492. The second-order valence-corrected chi connectivity index (χ2v) is 3.87. The number of aromatic amines is 1. The van der Waals surface area contributed by atoms with Crippen LogP contribution in [0.15, 0.2) is 10.7 Å². The summed E-state index contributed by atoms with van der Waals surface area (Å²) in [6.45, 7) is 0.794. The molecule has 3 heterocycles. The van der Waals surface area contributed by atoms with E-state index in [0.29, 0.717) is 17.4 Å².